The van der Waals surface area contributed by atoms with E-state index in [0.29, 0.717) is 17.6 Å². The summed E-state index contributed by atoms with van der Waals surface area (Å²) in [5.74, 6) is 8.08. The fraction of sp³-hybridized carbons (Fsp3) is 0.375. The van der Waals surface area contributed by atoms with Gasteiger partial charge in [0.05, 0.1) is 5.56 Å². The maximum absolute atomic E-state index is 6.05. The molecule has 0 saturated heterocycles. The molecule has 3 N–H and O–H groups in total. The van der Waals surface area contributed by atoms with Crippen LogP contribution < -0.4 is 16.0 Å². The summed E-state index contributed by atoms with van der Waals surface area (Å²) in [4.78, 5) is 9.05. The third kappa shape index (κ3) is 2.97. The monoisotopic (exact) mass is 284 g/mol. The molecule has 1 aliphatic carbocycles. The summed E-state index contributed by atoms with van der Waals surface area (Å²) in [6, 6.07) is 10.1. The molecule has 0 aliphatic heterocycles. The standard InChI is InChI=1S/C16H20N4O/c1-10-14(20-17)18-15(13-8-9-13)19-16(10)21-11(2)12-6-4-3-5-7-12/h3-7,11,13H,8-9,17H2,1-2H3,(H,18,19,20). The highest BCUT2D eigenvalue weighted by Gasteiger charge is 2.28. The van der Waals surface area contributed by atoms with E-state index in [1.54, 1.807) is 0 Å². The molecule has 2 aromatic rings. The van der Waals surface area contributed by atoms with Crippen molar-refractivity contribution < 1.29 is 4.74 Å². The van der Waals surface area contributed by atoms with Gasteiger partial charge in [0.15, 0.2) is 0 Å². The number of nitrogen functional groups attached to an aromatic ring is 1. The number of hydrogen-bond donors (Lipinski definition) is 2. The van der Waals surface area contributed by atoms with Crippen molar-refractivity contribution in [2.24, 2.45) is 5.84 Å². The van der Waals surface area contributed by atoms with Gasteiger partial charge in [0.1, 0.15) is 17.7 Å². The number of ether oxygens (including phenoxy) is 1. The Kier molecular flexibility index (Phi) is 3.75. The molecule has 1 aliphatic rings. The minimum atomic E-state index is -0.0718. The number of nitrogens with zero attached hydrogens (tertiary/aromatic N) is 2. The molecule has 1 atom stereocenters. The van der Waals surface area contributed by atoms with E-state index in [2.05, 4.69) is 15.4 Å². The summed E-state index contributed by atoms with van der Waals surface area (Å²) in [5.41, 5.74) is 4.59. The summed E-state index contributed by atoms with van der Waals surface area (Å²) in [7, 11) is 0. The Bertz CT molecular complexity index is 626. The Morgan fingerprint density at radius 1 is 1.24 bits per heavy atom. The van der Waals surface area contributed by atoms with Gasteiger partial charge >= 0.3 is 0 Å². The second-order valence-electron chi connectivity index (χ2n) is 5.45. The first-order valence-corrected chi connectivity index (χ1v) is 7.25. The van der Waals surface area contributed by atoms with Crippen LogP contribution in [0.25, 0.3) is 0 Å². The summed E-state index contributed by atoms with van der Waals surface area (Å²) < 4.78 is 6.05. The average molecular weight is 284 g/mol. The van der Waals surface area contributed by atoms with Crippen molar-refractivity contribution in [3.63, 3.8) is 0 Å². The van der Waals surface area contributed by atoms with Crippen LogP contribution in [0.15, 0.2) is 30.3 Å². The highest BCUT2D eigenvalue weighted by molar-refractivity contribution is 5.48. The summed E-state index contributed by atoms with van der Waals surface area (Å²) >= 11 is 0. The fourth-order valence-electron chi connectivity index (χ4n) is 2.25. The Morgan fingerprint density at radius 3 is 2.57 bits per heavy atom. The van der Waals surface area contributed by atoms with Crippen LogP contribution >= 0.6 is 0 Å². The molecule has 0 bridgehead atoms. The van der Waals surface area contributed by atoms with Crippen molar-refractivity contribution >= 4 is 5.82 Å². The highest BCUT2D eigenvalue weighted by Crippen LogP contribution is 2.40. The summed E-state index contributed by atoms with van der Waals surface area (Å²) in [6.45, 7) is 3.93. The van der Waals surface area contributed by atoms with Gasteiger partial charge in [-0.3, -0.25) is 0 Å². The van der Waals surface area contributed by atoms with Crippen LogP contribution in [0.5, 0.6) is 5.88 Å². The van der Waals surface area contributed by atoms with Gasteiger partial charge in [0.2, 0.25) is 5.88 Å². The van der Waals surface area contributed by atoms with Gasteiger partial charge in [-0.05, 0) is 32.3 Å². The second kappa shape index (κ2) is 5.69. The maximum atomic E-state index is 6.05. The molecule has 21 heavy (non-hydrogen) atoms. The lowest BCUT2D eigenvalue weighted by Crippen LogP contribution is -2.14. The molecule has 0 radical (unpaired) electrons. The molecular weight excluding hydrogens is 264 g/mol. The predicted molar refractivity (Wildman–Crippen MR) is 82.0 cm³/mol. The van der Waals surface area contributed by atoms with Crippen LogP contribution in [0, 0.1) is 6.92 Å². The number of anilines is 1. The smallest absolute Gasteiger partial charge is 0.222 e. The highest BCUT2D eigenvalue weighted by atomic mass is 16.5. The first-order valence-electron chi connectivity index (χ1n) is 7.25. The molecule has 1 unspecified atom stereocenters. The fourth-order valence-corrected chi connectivity index (χ4v) is 2.25. The SMILES string of the molecule is Cc1c(NN)nc(C2CC2)nc1OC(C)c1ccccc1. The third-order valence-electron chi connectivity index (χ3n) is 3.76. The predicted octanol–water partition coefficient (Wildman–Crippen LogP) is 3.09. The molecule has 5 heteroatoms. The van der Waals surface area contributed by atoms with E-state index in [9.17, 15) is 0 Å². The topological polar surface area (TPSA) is 73.1 Å². The Morgan fingerprint density at radius 2 is 1.95 bits per heavy atom. The van der Waals surface area contributed by atoms with Gasteiger partial charge in [-0.1, -0.05) is 30.3 Å². The van der Waals surface area contributed by atoms with E-state index in [1.807, 2.05) is 44.2 Å². The van der Waals surface area contributed by atoms with Crippen molar-refractivity contribution in [3.05, 3.63) is 47.3 Å². The third-order valence-corrected chi connectivity index (χ3v) is 3.76. The molecular formula is C16H20N4O. The van der Waals surface area contributed by atoms with Crippen LogP contribution in [0.3, 0.4) is 0 Å². The quantitative estimate of drug-likeness (QED) is 0.652. The van der Waals surface area contributed by atoms with Gasteiger partial charge in [-0.15, -0.1) is 0 Å². The lowest BCUT2D eigenvalue weighted by molar-refractivity contribution is 0.215. The lowest BCUT2D eigenvalue weighted by Gasteiger charge is -2.18. The van der Waals surface area contributed by atoms with Crippen LogP contribution in [0.1, 0.15) is 48.7 Å². The van der Waals surface area contributed by atoms with Gasteiger partial charge in [-0.25, -0.2) is 10.8 Å². The first kappa shape index (κ1) is 13.8. The Labute approximate surface area is 124 Å². The van der Waals surface area contributed by atoms with Gasteiger partial charge in [0.25, 0.3) is 0 Å². The van der Waals surface area contributed by atoms with Crippen LogP contribution in [-0.4, -0.2) is 9.97 Å². The normalized spacial score (nSPS) is 15.6. The minimum Gasteiger partial charge on any atom is -0.469 e. The maximum Gasteiger partial charge on any atom is 0.222 e. The summed E-state index contributed by atoms with van der Waals surface area (Å²) in [5, 5.41) is 0. The zero-order valence-corrected chi connectivity index (χ0v) is 12.3. The van der Waals surface area contributed by atoms with E-state index in [0.717, 1.165) is 29.8 Å². The van der Waals surface area contributed by atoms with E-state index in [-0.39, 0.29) is 6.10 Å². The van der Waals surface area contributed by atoms with Crippen LogP contribution in [0.4, 0.5) is 5.82 Å². The summed E-state index contributed by atoms with van der Waals surface area (Å²) in [6.07, 6.45) is 2.21. The van der Waals surface area contributed by atoms with E-state index in [1.165, 1.54) is 0 Å². The second-order valence-corrected chi connectivity index (χ2v) is 5.45. The van der Waals surface area contributed by atoms with Crippen LogP contribution in [0.2, 0.25) is 0 Å². The van der Waals surface area contributed by atoms with Crippen molar-refractivity contribution in [3.8, 4) is 5.88 Å². The zero-order chi connectivity index (χ0) is 14.8. The number of hydrazine groups is 1. The molecule has 1 saturated carbocycles. The van der Waals surface area contributed by atoms with Gasteiger partial charge < -0.3 is 10.2 Å². The van der Waals surface area contributed by atoms with E-state index in [4.69, 9.17) is 10.6 Å². The number of rotatable bonds is 5. The van der Waals surface area contributed by atoms with Crippen molar-refractivity contribution in [1.29, 1.82) is 0 Å². The van der Waals surface area contributed by atoms with E-state index >= 15 is 0 Å². The van der Waals surface area contributed by atoms with Gasteiger partial charge in [0, 0.05) is 5.92 Å². The Hall–Kier alpha value is -2.14. The largest absolute Gasteiger partial charge is 0.469 e. The number of nitrogens with two attached hydrogens (primary N) is 1. The molecule has 1 aromatic heterocycles. The van der Waals surface area contributed by atoms with Crippen LogP contribution in [-0.2, 0) is 0 Å². The molecule has 0 amide bonds. The van der Waals surface area contributed by atoms with Gasteiger partial charge in [-0.2, -0.15) is 4.98 Å². The first-order chi connectivity index (χ1) is 10.2. The number of hydrogen-bond acceptors (Lipinski definition) is 5. The minimum absolute atomic E-state index is 0.0718. The van der Waals surface area contributed by atoms with Crippen molar-refractivity contribution in [2.75, 3.05) is 5.43 Å². The van der Waals surface area contributed by atoms with Crippen molar-refractivity contribution in [1.82, 2.24) is 9.97 Å². The molecule has 1 fully saturated rings. The molecule has 1 heterocycles. The average Bonchev–Trinajstić information content (AvgIpc) is 3.35. The lowest BCUT2D eigenvalue weighted by atomic mass is 10.1. The molecule has 110 valence electrons. The number of benzene rings is 1. The molecule has 1 aromatic carbocycles. The number of aromatic nitrogens is 2. The molecule has 5 nitrogen and oxygen atoms in total. The molecule has 3 rings (SSSR count). The number of nitrogens with one attached hydrogen (secondary N) is 1. The zero-order valence-electron chi connectivity index (χ0n) is 12.3. The molecule has 0 spiro atoms. The van der Waals surface area contributed by atoms with E-state index < -0.39 is 0 Å². The Balaban J connectivity index is 1.88. The van der Waals surface area contributed by atoms with Crippen molar-refractivity contribution in [2.45, 2.75) is 38.7 Å².